The number of rotatable bonds is 3. The van der Waals surface area contributed by atoms with E-state index in [1.807, 2.05) is 23.9 Å². The van der Waals surface area contributed by atoms with Crippen molar-refractivity contribution in [3.63, 3.8) is 0 Å². The first-order valence-corrected chi connectivity index (χ1v) is 6.93. The largest absolute Gasteiger partial charge is 0.382 e. The molecular weight excluding hydrogens is 232 g/mol. The van der Waals surface area contributed by atoms with Crippen molar-refractivity contribution in [1.82, 2.24) is 4.98 Å². The zero-order chi connectivity index (χ0) is 12.3. The van der Waals surface area contributed by atoms with E-state index in [4.69, 9.17) is 11.1 Å². The molecule has 1 atom stereocenters. The molecule has 1 aromatic rings. The smallest absolute Gasteiger partial charge is 0.141 e. The first kappa shape index (κ1) is 12.2. The lowest BCUT2D eigenvalue weighted by Crippen LogP contribution is -2.38. The van der Waals surface area contributed by atoms with Crippen molar-refractivity contribution in [2.45, 2.75) is 18.6 Å². The third-order valence-corrected chi connectivity index (χ3v) is 4.30. The molecule has 0 saturated carbocycles. The number of nitrogens with one attached hydrogen (secondary N) is 1. The monoisotopic (exact) mass is 250 g/mol. The van der Waals surface area contributed by atoms with Gasteiger partial charge in [-0.3, -0.25) is 5.41 Å². The van der Waals surface area contributed by atoms with Crippen LogP contribution in [0.1, 0.15) is 19.0 Å². The fourth-order valence-corrected chi connectivity index (χ4v) is 3.10. The minimum absolute atomic E-state index is 0.0327. The fraction of sp³-hybridized carbons (Fsp3) is 0.500. The van der Waals surface area contributed by atoms with Gasteiger partial charge in [-0.15, -0.1) is 0 Å². The van der Waals surface area contributed by atoms with E-state index in [0.717, 1.165) is 24.7 Å². The molecule has 0 spiro atoms. The van der Waals surface area contributed by atoms with Gasteiger partial charge in [-0.2, -0.15) is 11.8 Å². The molecule has 1 saturated heterocycles. The molecule has 92 valence electrons. The maximum Gasteiger partial charge on any atom is 0.141 e. The van der Waals surface area contributed by atoms with E-state index in [-0.39, 0.29) is 5.84 Å². The third kappa shape index (κ3) is 2.91. The van der Waals surface area contributed by atoms with E-state index in [9.17, 15) is 0 Å². The Morgan fingerprint density at radius 2 is 2.47 bits per heavy atom. The van der Waals surface area contributed by atoms with Crippen molar-refractivity contribution >= 4 is 23.4 Å². The van der Waals surface area contributed by atoms with E-state index >= 15 is 0 Å². The molecule has 5 heteroatoms. The molecular formula is C12H18N4S. The zero-order valence-electron chi connectivity index (χ0n) is 10.0. The second-order valence-corrected chi connectivity index (χ2v) is 5.55. The number of amidine groups is 1. The van der Waals surface area contributed by atoms with Crippen LogP contribution < -0.4 is 10.6 Å². The number of nitrogen functional groups attached to an aromatic ring is 1. The molecule has 17 heavy (non-hydrogen) atoms. The lowest BCUT2D eigenvalue weighted by Gasteiger charge is -2.32. The van der Waals surface area contributed by atoms with Crippen LogP contribution in [0.5, 0.6) is 0 Å². The maximum absolute atomic E-state index is 7.41. The van der Waals surface area contributed by atoms with Crippen LogP contribution >= 0.6 is 11.8 Å². The summed E-state index contributed by atoms with van der Waals surface area (Å²) in [6.07, 6.45) is 1.19. The Bertz CT molecular complexity index is 407. The minimum atomic E-state index is 0.0327. The summed E-state index contributed by atoms with van der Waals surface area (Å²) >= 11 is 2.04. The number of pyridine rings is 1. The van der Waals surface area contributed by atoms with Crippen molar-refractivity contribution in [2.24, 2.45) is 5.73 Å². The van der Waals surface area contributed by atoms with Gasteiger partial charge < -0.3 is 10.6 Å². The van der Waals surface area contributed by atoms with Crippen molar-refractivity contribution in [3.05, 3.63) is 23.9 Å². The van der Waals surface area contributed by atoms with E-state index in [1.165, 1.54) is 6.42 Å². The van der Waals surface area contributed by atoms with E-state index < -0.39 is 0 Å². The number of hydrogen-bond acceptors (Lipinski definition) is 4. The van der Waals surface area contributed by atoms with Gasteiger partial charge in [0.05, 0.1) is 0 Å². The van der Waals surface area contributed by atoms with Crippen LogP contribution in [0, 0.1) is 5.41 Å². The Kier molecular flexibility index (Phi) is 3.89. The molecule has 2 rings (SSSR count). The van der Waals surface area contributed by atoms with Gasteiger partial charge in [0, 0.05) is 24.1 Å². The SMILES string of the molecule is CCC1CN(c2cccc(C(=N)N)n2)CCS1. The Morgan fingerprint density at radius 1 is 1.65 bits per heavy atom. The standard InChI is InChI=1S/C12H18N4S/c1-2-9-8-16(6-7-17-9)11-5-3-4-10(15-11)12(13)14/h3-5,9H,2,6-8H2,1H3,(H3,13,14). The zero-order valence-corrected chi connectivity index (χ0v) is 10.8. The van der Waals surface area contributed by atoms with Crippen molar-refractivity contribution in [3.8, 4) is 0 Å². The van der Waals surface area contributed by atoms with Gasteiger partial charge in [0.15, 0.2) is 0 Å². The summed E-state index contributed by atoms with van der Waals surface area (Å²) in [4.78, 5) is 6.72. The Balaban J connectivity index is 2.16. The van der Waals surface area contributed by atoms with Gasteiger partial charge in [-0.05, 0) is 18.6 Å². The van der Waals surface area contributed by atoms with Gasteiger partial charge in [0.25, 0.3) is 0 Å². The minimum Gasteiger partial charge on any atom is -0.382 e. The molecule has 0 bridgehead atoms. The van der Waals surface area contributed by atoms with Crippen molar-refractivity contribution < 1.29 is 0 Å². The molecule has 1 unspecified atom stereocenters. The molecule has 1 aliphatic heterocycles. The highest BCUT2D eigenvalue weighted by molar-refractivity contribution is 8.00. The van der Waals surface area contributed by atoms with E-state index in [1.54, 1.807) is 6.07 Å². The predicted octanol–water partition coefficient (Wildman–Crippen LogP) is 1.70. The highest BCUT2D eigenvalue weighted by Gasteiger charge is 2.20. The van der Waals surface area contributed by atoms with Crippen LogP contribution in [-0.4, -0.2) is 34.9 Å². The second-order valence-electron chi connectivity index (χ2n) is 4.14. The summed E-state index contributed by atoms with van der Waals surface area (Å²) < 4.78 is 0. The lowest BCUT2D eigenvalue weighted by atomic mass is 10.2. The number of aromatic nitrogens is 1. The first-order chi connectivity index (χ1) is 8.20. The second kappa shape index (κ2) is 5.40. The summed E-state index contributed by atoms with van der Waals surface area (Å²) in [5.74, 6) is 2.12. The molecule has 3 N–H and O–H groups in total. The van der Waals surface area contributed by atoms with Gasteiger partial charge in [0.2, 0.25) is 0 Å². The molecule has 0 radical (unpaired) electrons. The van der Waals surface area contributed by atoms with Crippen LogP contribution in [0.15, 0.2) is 18.2 Å². The molecule has 1 aromatic heterocycles. The molecule has 1 aliphatic rings. The molecule has 2 heterocycles. The summed E-state index contributed by atoms with van der Waals surface area (Å²) in [7, 11) is 0. The Hall–Kier alpha value is -1.23. The third-order valence-electron chi connectivity index (χ3n) is 2.93. The van der Waals surface area contributed by atoms with Gasteiger partial charge in [-0.1, -0.05) is 13.0 Å². The van der Waals surface area contributed by atoms with E-state index in [0.29, 0.717) is 10.9 Å². The fourth-order valence-electron chi connectivity index (χ4n) is 1.92. The van der Waals surface area contributed by atoms with Gasteiger partial charge in [0.1, 0.15) is 17.3 Å². The number of hydrogen-bond donors (Lipinski definition) is 2. The Labute approximate surface area is 106 Å². The average Bonchev–Trinajstić information content (AvgIpc) is 2.39. The average molecular weight is 250 g/mol. The van der Waals surface area contributed by atoms with Crippen LogP contribution in [-0.2, 0) is 0 Å². The number of thioether (sulfide) groups is 1. The van der Waals surface area contributed by atoms with E-state index in [2.05, 4.69) is 16.8 Å². The van der Waals surface area contributed by atoms with Crippen LogP contribution in [0.2, 0.25) is 0 Å². The molecule has 1 fully saturated rings. The number of nitrogens with zero attached hydrogens (tertiary/aromatic N) is 2. The molecule has 0 aromatic carbocycles. The topological polar surface area (TPSA) is 66.0 Å². The van der Waals surface area contributed by atoms with Gasteiger partial charge >= 0.3 is 0 Å². The maximum atomic E-state index is 7.41. The van der Waals surface area contributed by atoms with Crippen LogP contribution in [0.3, 0.4) is 0 Å². The summed E-state index contributed by atoms with van der Waals surface area (Å²) in [6.45, 7) is 4.28. The summed E-state index contributed by atoms with van der Waals surface area (Å²) in [6, 6.07) is 5.69. The normalized spacial score (nSPS) is 20.3. The highest BCUT2D eigenvalue weighted by atomic mass is 32.2. The van der Waals surface area contributed by atoms with Crippen LogP contribution in [0.4, 0.5) is 5.82 Å². The van der Waals surface area contributed by atoms with Crippen molar-refractivity contribution in [1.29, 1.82) is 5.41 Å². The van der Waals surface area contributed by atoms with Gasteiger partial charge in [-0.25, -0.2) is 4.98 Å². The molecule has 0 aliphatic carbocycles. The molecule has 4 nitrogen and oxygen atoms in total. The predicted molar refractivity (Wildman–Crippen MR) is 74.0 cm³/mol. The Morgan fingerprint density at radius 3 is 3.18 bits per heavy atom. The lowest BCUT2D eigenvalue weighted by molar-refractivity contribution is 0.720. The first-order valence-electron chi connectivity index (χ1n) is 5.88. The summed E-state index contributed by atoms with van der Waals surface area (Å²) in [5.41, 5.74) is 6.03. The highest BCUT2D eigenvalue weighted by Crippen LogP contribution is 2.24. The van der Waals surface area contributed by atoms with Crippen LogP contribution in [0.25, 0.3) is 0 Å². The number of anilines is 1. The van der Waals surface area contributed by atoms with Crippen molar-refractivity contribution in [2.75, 3.05) is 23.7 Å². The molecule has 0 amide bonds. The number of nitrogens with two attached hydrogens (primary N) is 1. The quantitative estimate of drug-likeness (QED) is 0.633. The summed E-state index contributed by atoms with van der Waals surface area (Å²) in [5, 5.41) is 8.10.